The summed E-state index contributed by atoms with van der Waals surface area (Å²) in [5, 5.41) is 0.340. The van der Waals surface area contributed by atoms with Crippen molar-refractivity contribution in [2.75, 3.05) is 18.1 Å². The van der Waals surface area contributed by atoms with Crippen molar-refractivity contribution in [1.29, 1.82) is 0 Å². The Labute approximate surface area is 172 Å². The Kier molecular flexibility index (Phi) is 5.57. The van der Waals surface area contributed by atoms with Gasteiger partial charge in [-0.15, -0.1) is 11.3 Å². The maximum absolute atomic E-state index is 12.8. The topological polar surface area (TPSA) is 68.7 Å². The summed E-state index contributed by atoms with van der Waals surface area (Å²) >= 11 is 1.30. The van der Waals surface area contributed by atoms with Gasteiger partial charge >= 0.3 is 12.1 Å². The van der Waals surface area contributed by atoms with Gasteiger partial charge in [-0.3, -0.25) is 4.90 Å². The zero-order chi connectivity index (χ0) is 20.2. The molecule has 6 nitrogen and oxygen atoms in total. The Morgan fingerprint density at radius 2 is 1.83 bits per heavy atom. The molecule has 0 saturated carbocycles. The molecule has 2 aromatic carbocycles. The van der Waals surface area contributed by atoms with Gasteiger partial charge in [-0.2, -0.15) is 0 Å². The van der Waals surface area contributed by atoms with Crippen LogP contribution in [0.2, 0.25) is 0 Å². The van der Waals surface area contributed by atoms with Crippen molar-refractivity contribution in [1.82, 2.24) is 4.98 Å². The van der Waals surface area contributed by atoms with E-state index in [4.69, 9.17) is 9.47 Å². The Balaban J connectivity index is 1.60. The molecule has 0 bridgehead atoms. The fraction of sp³-hybridized carbons (Fsp3) is 0.227. The molecule has 0 aliphatic carbocycles. The first-order valence-electron chi connectivity index (χ1n) is 9.41. The minimum absolute atomic E-state index is 0.214. The molecule has 0 unspecified atom stereocenters. The molecule has 0 spiro atoms. The molecule has 2 heterocycles. The van der Waals surface area contributed by atoms with Crippen LogP contribution in [0.3, 0.4) is 0 Å². The highest BCUT2D eigenvalue weighted by Gasteiger charge is 2.28. The van der Waals surface area contributed by atoms with E-state index < -0.39 is 12.1 Å². The number of nitrogens with zero attached hydrogens (tertiary/aromatic N) is 2. The van der Waals surface area contributed by atoms with E-state index in [1.54, 1.807) is 11.8 Å². The maximum Gasteiger partial charge on any atom is 0.414 e. The second kappa shape index (κ2) is 8.45. The molecule has 148 valence electrons. The largest absolute Gasteiger partial charge is 0.461 e. The van der Waals surface area contributed by atoms with Gasteiger partial charge in [0.1, 0.15) is 6.61 Å². The number of ether oxygens (including phenoxy) is 2. The first kappa shape index (κ1) is 19.1. The molecule has 1 aliphatic heterocycles. The van der Waals surface area contributed by atoms with Crippen molar-refractivity contribution in [3.05, 3.63) is 70.9 Å². The number of rotatable bonds is 4. The minimum atomic E-state index is -0.415. The molecule has 0 fully saturated rings. The number of hydrogen-bond donors (Lipinski definition) is 0. The summed E-state index contributed by atoms with van der Waals surface area (Å²) in [6, 6.07) is 17.2. The van der Waals surface area contributed by atoms with Gasteiger partial charge in [0, 0.05) is 18.5 Å². The Morgan fingerprint density at radius 1 is 1.07 bits per heavy atom. The molecule has 1 aromatic heterocycles. The van der Waals surface area contributed by atoms with Crippen LogP contribution in [0.25, 0.3) is 10.4 Å². The standard InChI is InChI=1S/C22H20N2O4S/c1-2-27-21(25)20-23-17-12-13-24(18-11-7-6-10-16(18)19(17)29-20)22(26)28-14-15-8-4-3-5-9-15/h3-11H,2,12-14H2,1H3. The second-order valence-electron chi connectivity index (χ2n) is 6.47. The lowest BCUT2D eigenvalue weighted by atomic mass is 10.1. The first-order chi connectivity index (χ1) is 14.2. The molecule has 0 N–H and O–H groups in total. The molecule has 7 heteroatoms. The highest BCUT2D eigenvalue weighted by atomic mass is 32.1. The average molecular weight is 408 g/mol. The molecule has 3 aromatic rings. The number of hydrogen-bond acceptors (Lipinski definition) is 6. The average Bonchev–Trinajstić information content (AvgIpc) is 3.11. The van der Waals surface area contributed by atoms with Crippen LogP contribution in [-0.4, -0.2) is 30.2 Å². The quantitative estimate of drug-likeness (QED) is 0.586. The number of para-hydroxylation sites is 1. The summed E-state index contributed by atoms with van der Waals surface area (Å²) in [4.78, 5) is 31.9. The molecule has 1 aliphatic rings. The van der Waals surface area contributed by atoms with E-state index in [0.717, 1.165) is 27.4 Å². The number of anilines is 1. The molecule has 0 atom stereocenters. The number of thiazole rings is 1. The number of carbonyl (C=O) groups excluding carboxylic acids is 2. The van der Waals surface area contributed by atoms with Crippen LogP contribution < -0.4 is 4.90 Å². The summed E-state index contributed by atoms with van der Waals surface area (Å²) in [6.07, 6.45) is 0.127. The summed E-state index contributed by atoms with van der Waals surface area (Å²) in [5.41, 5.74) is 3.35. The number of aromatic nitrogens is 1. The van der Waals surface area contributed by atoms with Crippen molar-refractivity contribution in [3.63, 3.8) is 0 Å². The van der Waals surface area contributed by atoms with Crippen LogP contribution in [0.15, 0.2) is 54.6 Å². The van der Waals surface area contributed by atoms with Crippen LogP contribution in [0.1, 0.15) is 28.0 Å². The van der Waals surface area contributed by atoms with Crippen molar-refractivity contribution in [2.24, 2.45) is 0 Å². The first-order valence-corrected chi connectivity index (χ1v) is 10.2. The van der Waals surface area contributed by atoms with E-state index in [9.17, 15) is 9.59 Å². The summed E-state index contributed by atoms with van der Waals surface area (Å²) in [7, 11) is 0. The molecular formula is C22H20N2O4S. The third-order valence-corrected chi connectivity index (χ3v) is 5.70. The Bertz CT molecular complexity index is 1030. The van der Waals surface area contributed by atoms with Crippen molar-refractivity contribution in [2.45, 2.75) is 20.0 Å². The zero-order valence-corrected chi connectivity index (χ0v) is 16.8. The Morgan fingerprint density at radius 3 is 2.62 bits per heavy atom. The fourth-order valence-electron chi connectivity index (χ4n) is 3.24. The van der Waals surface area contributed by atoms with E-state index in [2.05, 4.69) is 4.98 Å². The van der Waals surface area contributed by atoms with Crippen LogP contribution in [0.4, 0.5) is 10.5 Å². The van der Waals surface area contributed by atoms with Gasteiger partial charge in [-0.25, -0.2) is 14.6 Å². The van der Waals surface area contributed by atoms with Gasteiger partial charge in [0.15, 0.2) is 0 Å². The molecule has 29 heavy (non-hydrogen) atoms. The van der Waals surface area contributed by atoms with Crippen LogP contribution in [-0.2, 0) is 22.5 Å². The number of benzene rings is 2. The van der Waals surface area contributed by atoms with E-state index in [1.165, 1.54) is 11.3 Å². The summed E-state index contributed by atoms with van der Waals surface area (Å²) in [6.45, 7) is 2.71. The van der Waals surface area contributed by atoms with E-state index >= 15 is 0 Å². The minimum Gasteiger partial charge on any atom is -0.461 e. The van der Waals surface area contributed by atoms with E-state index in [1.807, 2.05) is 54.6 Å². The van der Waals surface area contributed by atoms with E-state index in [-0.39, 0.29) is 6.61 Å². The van der Waals surface area contributed by atoms with Crippen LogP contribution in [0.5, 0.6) is 0 Å². The second-order valence-corrected chi connectivity index (χ2v) is 7.47. The predicted octanol–water partition coefficient (Wildman–Crippen LogP) is 4.69. The predicted molar refractivity (Wildman–Crippen MR) is 111 cm³/mol. The SMILES string of the molecule is CCOC(=O)c1nc2c(s1)-c1ccccc1N(C(=O)OCc1ccccc1)CC2. The lowest BCUT2D eigenvalue weighted by molar-refractivity contribution is 0.0525. The number of amides is 1. The van der Waals surface area contributed by atoms with Gasteiger partial charge in [-0.1, -0.05) is 48.5 Å². The van der Waals surface area contributed by atoms with Crippen LogP contribution in [0, 0.1) is 0 Å². The van der Waals surface area contributed by atoms with Crippen LogP contribution >= 0.6 is 11.3 Å². The number of carbonyl (C=O) groups is 2. The highest BCUT2D eigenvalue weighted by Crippen LogP contribution is 2.40. The smallest absolute Gasteiger partial charge is 0.414 e. The highest BCUT2D eigenvalue weighted by molar-refractivity contribution is 7.17. The molecule has 1 amide bonds. The van der Waals surface area contributed by atoms with Crippen molar-refractivity contribution in [3.8, 4) is 10.4 Å². The molecule has 4 rings (SSSR count). The summed E-state index contributed by atoms with van der Waals surface area (Å²) in [5.74, 6) is -0.415. The molecular weight excluding hydrogens is 388 g/mol. The lowest BCUT2D eigenvalue weighted by Gasteiger charge is -2.22. The van der Waals surface area contributed by atoms with Gasteiger partial charge < -0.3 is 9.47 Å². The van der Waals surface area contributed by atoms with Gasteiger partial charge in [0.05, 0.1) is 22.9 Å². The zero-order valence-electron chi connectivity index (χ0n) is 16.0. The fourth-order valence-corrected chi connectivity index (χ4v) is 4.28. The van der Waals surface area contributed by atoms with Gasteiger partial charge in [-0.05, 0) is 18.6 Å². The summed E-state index contributed by atoms with van der Waals surface area (Å²) < 4.78 is 10.6. The number of fused-ring (bicyclic) bond motifs is 3. The normalized spacial score (nSPS) is 12.5. The van der Waals surface area contributed by atoms with Crippen molar-refractivity contribution < 1.29 is 19.1 Å². The van der Waals surface area contributed by atoms with Gasteiger partial charge in [0.2, 0.25) is 5.01 Å². The third kappa shape index (κ3) is 4.00. The molecule has 0 saturated heterocycles. The third-order valence-electron chi connectivity index (χ3n) is 4.58. The monoisotopic (exact) mass is 408 g/mol. The molecule has 0 radical (unpaired) electrons. The maximum atomic E-state index is 12.8. The Hall–Kier alpha value is -3.19. The van der Waals surface area contributed by atoms with Gasteiger partial charge in [0.25, 0.3) is 0 Å². The van der Waals surface area contributed by atoms with Crippen molar-refractivity contribution >= 4 is 29.1 Å². The van der Waals surface area contributed by atoms with E-state index in [0.29, 0.717) is 24.6 Å². The lowest BCUT2D eigenvalue weighted by Crippen LogP contribution is -2.33. The number of esters is 1.